The van der Waals surface area contributed by atoms with Gasteiger partial charge in [0, 0.05) is 23.9 Å². The summed E-state index contributed by atoms with van der Waals surface area (Å²) in [5, 5.41) is 9.29. The quantitative estimate of drug-likeness (QED) is 0.213. The number of carbonyl (C=O) groups is 2. The van der Waals surface area contributed by atoms with E-state index >= 15 is 0 Å². The fourth-order valence-electron chi connectivity index (χ4n) is 3.91. The van der Waals surface area contributed by atoms with Crippen molar-refractivity contribution in [2.75, 3.05) is 0 Å². The van der Waals surface area contributed by atoms with E-state index < -0.39 is 29.1 Å². The van der Waals surface area contributed by atoms with E-state index in [1.165, 1.54) is 13.8 Å². The van der Waals surface area contributed by atoms with Crippen LogP contribution in [0.1, 0.15) is 47.6 Å². The summed E-state index contributed by atoms with van der Waals surface area (Å²) in [4.78, 5) is 29.2. The molecule has 9 heteroatoms. The van der Waals surface area contributed by atoms with E-state index in [1.807, 2.05) is 48.6 Å². The van der Waals surface area contributed by atoms with Crippen LogP contribution in [0.3, 0.4) is 0 Å². The van der Waals surface area contributed by atoms with Crippen LogP contribution in [0.25, 0.3) is 17.3 Å². The number of aliphatic carboxylic acids is 1. The first-order valence-electron chi connectivity index (χ1n) is 12.5. The first kappa shape index (κ1) is 28.4. The predicted molar refractivity (Wildman–Crippen MR) is 145 cm³/mol. The number of aromatic nitrogens is 2. The number of allylic oxidation sites excluding steroid dienone is 1. The highest BCUT2D eigenvalue weighted by Crippen LogP contribution is 2.30. The Balaban J connectivity index is 1.54. The number of benzene rings is 3. The number of rotatable bonds is 10. The van der Waals surface area contributed by atoms with Gasteiger partial charge in [0.05, 0.1) is 11.3 Å². The van der Waals surface area contributed by atoms with Crippen molar-refractivity contribution in [3.05, 3.63) is 114 Å². The van der Waals surface area contributed by atoms with Crippen molar-refractivity contribution in [3.63, 3.8) is 0 Å². The van der Waals surface area contributed by atoms with Crippen LogP contribution in [0.15, 0.2) is 91.1 Å². The van der Waals surface area contributed by atoms with Crippen molar-refractivity contribution in [2.45, 2.75) is 38.6 Å². The number of imidazole rings is 1. The largest absolute Gasteiger partial charge is 0.478 e. The van der Waals surface area contributed by atoms with E-state index in [2.05, 4.69) is 4.98 Å². The van der Waals surface area contributed by atoms with Gasteiger partial charge in [0.25, 0.3) is 0 Å². The Kier molecular flexibility index (Phi) is 8.23. The van der Waals surface area contributed by atoms with Crippen LogP contribution in [0.5, 0.6) is 5.75 Å². The molecule has 40 heavy (non-hydrogen) atoms. The smallest absolute Gasteiger partial charge is 0.416 e. The number of ketones is 1. The van der Waals surface area contributed by atoms with Gasteiger partial charge in [-0.1, -0.05) is 66.7 Å². The molecule has 0 atom stereocenters. The number of carbonyl (C=O) groups excluding carboxylic acids is 1. The van der Waals surface area contributed by atoms with Gasteiger partial charge in [-0.2, -0.15) is 13.2 Å². The third-order valence-corrected chi connectivity index (χ3v) is 6.12. The molecule has 0 bridgehead atoms. The molecule has 1 heterocycles. The molecule has 0 saturated carbocycles. The van der Waals surface area contributed by atoms with Gasteiger partial charge in [-0.05, 0) is 50.1 Å². The summed E-state index contributed by atoms with van der Waals surface area (Å²) < 4.78 is 46.2. The van der Waals surface area contributed by atoms with Gasteiger partial charge in [-0.25, -0.2) is 9.78 Å². The minimum Gasteiger partial charge on any atom is -0.478 e. The molecule has 0 unspecified atom stereocenters. The Morgan fingerprint density at radius 3 is 2.33 bits per heavy atom. The fourth-order valence-corrected chi connectivity index (χ4v) is 3.91. The SMILES string of the molecule is CC(C)(Oc1cccc(/C=C/CCn2cc(-c3ccccc3)nc2C(=O)c2ccc(C(F)(F)F)cc2)c1)C(=O)O. The molecule has 3 aromatic carbocycles. The third-order valence-electron chi connectivity index (χ3n) is 6.12. The lowest BCUT2D eigenvalue weighted by Crippen LogP contribution is -2.37. The molecule has 0 saturated heterocycles. The molecule has 0 amide bonds. The average molecular weight is 549 g/mol. The summed E-state index contributed by atoms with van der Waals surface area (Å²) in [6, 6.07) is 20.4. The first-order valence-corrected chi connectivity index (χ1v) is 12.5. The zero-order valence-corrected chi connectivity index (χ0v) is 21.9. The summed E-state index contributed by atoms with van der Waals surface area (Å²) in [5.41, 5.74) is 0.0796. The van der Waals surface area contributed by atoms with Crippen molar-refractivity contribution < 1.29 is 32.6 Å². The fraction of sp³-hybridized carbons (Fsp3) is 0.194. The summed E-state index contributed by atoms with van der Waals surface area (Å²) in [6.07, 6.45) is 1.53. The van der Waals surface area contributed by atoms with E-state index in [4.69, 9.17) is 4.74 Å². The number of hydrogen-bond donors (Lipinski definition) is 1. The number of aryl methyl sites for hydroxylation is 1. The topological polar surface area (TPSA) is 81.4 Å². The second kappa shape index (κ2) is 11.6. The predicted octanol–water partition coefficient (Wildman–Crippen LogP) is 7.15. The van der Waals surface area contributed by atoms with Gasteiger partial charge >= 0.3 is 12.1 Å². The highest BCUT2D eigenvalue weighted by atomic mass is 19.4. The molecule has 0 aliphatic rings. The molecule has 4 rings (SSSR count). The maximum Gasteiger partial charge on any atom is 0.416 e. The second-order valence-corrected chi connectivity index (χ2v) is 9.59. The van der Waals surface area contributed by atoms with Gasteiger partial charge in [0.2, 0.25) is 5.78 Å². The zero-order chi connectivity index (χ0) is 28.9. The molecule has 0 aliphatic carbocycles. The molecule has 1 aromatic heterocycles. The molecule has 206 valence electrons. The van der Waals surface area contributed by atoms with Gasteiger partial charge < -0.3 is 14.4 Å². The normalized spacial score (nSPS) is 12.0. The molecule has 4 aromatic rings. The van der Waals surface area contributed by atoms with E-state index in [1.54, 1.807) is 29.0 Å². The maximum atomic E-state index is 13.3. The van der Waals surface area contributed by atoms with E-state index in [0.717, 1.165) is 35.4 Å². The van der Waals surface area contributed by atoms with Gasteiger partial charge in [-0.15, -0.1) is 0 Å². The second-order valence-electron chi connectivity index (χ2n) is 9.59. The first-order chi connectivity index (χ1) is 18.9. The lowest BCUT2D eigenvalue weighted by Gasteiger charge is -2.21. The lowest BCUT2D eigenvalue weighted by molar-refractivity contribution is -0.152. The van der Waals surface area contributed by atoms with E-state index in [0.29, 0.717) is 24.4 Å². The van der Waals surface area contributed by atoms with Crippen LogP contribution in [0.2, 0.25) is 0 Å². The summed E-state index contributed by atoms with van der Waals surface area (Å²) in [5.74, 6) is -1.02. The average Bonchev–Trinajstić information content (AvgIpc) is 3.35. The van der Waals surface area contributed by atoms with Crippen LogP contribution >= 0.6 is 0 Å². The van der Waals surface area contributed by atoms with Crippen LogP contribution in [-0.4, -0.2) is 32.0 Å². The monoisotopic (exact) mass is 548 g/mol. The van der Waals surface area contributed by atoms with Gasteiger partial charge in [-0.3, -0.25) is 4.79 Å². The van der Waals surface area contributed by atoms with Crippen molar-refractivity contribution in [1.29, 1.82) is 0 Å². The van der Waals surface area contributed by atoms with Crippen molar-refractivity contribution in [2.24, 2.45) is 0 Å². The Morgan fingerprint density at radius 1 is 0.975 bits per heavy atom. The van der Waals surface area contributed by atoms with Crippen molar-refractivity contribution in [1.82, 2.24) is 9.55 Å². The summed E-state index contributed by atoms with van der Waals surface area (Å²) >= 11 is 0. The Morgan fingerprint density at radius 2 is 1.68 bits per heavy atom. The molecule has 0 aliphatic heterocycles. The van der Waals surface area contributed by atoms with E-state index in [9.17, 15) is 27.9 Å². The highest BCUT2D eigenvalue weighted by Gasteiger charge is 2.31. The molecule has 0 fully saturated rings. The van der Waals surface area contributed by atoms with Gasteiger partial charge in [0.15, 0.2) is 11.4 Å². The molecule has 6 nitrogen and oxygen atoms in total. The van der Waals surface area contributed by atoms with Crippen LogP contribution in [0, 0.1) is 0 Å². The Labute approximate surface area is 229 Å². The van der Waals surface area contributed by atoms with Gasteiger partial charge in [0.1, 0.15) is 5.75 Å². The molecule has 0 radical (unpaired) electrons. The molecular formula is C31H27F3N2O4. The molecular weight excluding hydrogens is 521 g/mol. The zero-order valence-electron chi connectivity index (χ0n) is 21.9. The minimum absolute atomic E-state index is 0.108. The maximum absolute atomic E-state index is 13.3. The number of halogens is 3. The number of hydrogen-bond acceptors (Lipinski definition) is 4. The summed E-state index contributed by atoms with van der Waals surface area (Å²) in [6.45, 7) is 3.33. The Bertz CT molecular complexity index is 1520. The van der Waals surface area contributed by atoms with Crippen LogP contribution in [0.4, 0.5) is 13.2 Å². The lowest BCUT2D eigenvalue weighted by atomic mass is 10.1. The number of carboxylic acids is 1. The molecule has 0 spiro atoms. The number of alkyl halides is 3. The highest BCUT2D eigenvalue weighted by molar-refractivity contribution is 6.07. The van der Waals surface area contributed by atoms with Crippen LogP contribution < -0.4 is 4.74 Å². The number of carboxylic acid groups (broad SMARTS) is 1. The Hall–Kier alpha value is -4.66. The number of nitrogens with zero attached hydrogens (tertiary/aromatic N) is 2. The summed E-state index contributed by atoms with van der Waals surface area (Å²) in [7, 11) is 0. The van der Waals surface area contributed by atoms with Crippen molar-refractivity contribution >= 4 is 17.8 Å². The molecule has 1 N–H and O–H groups in total. The van der Waals surface area contributed by atoms with E-state index in [-0.39, 0.29) is 11.4 Å². The van der Waals surface area contributed by atoms with Crippen LogP contribution in [-0.2, 0) is 17.5 Å². The standard InChI is InChI=1S/C31H27F3N2O4/c1-30(2,29(38)39)40-25-13-8-10-21(19-25)9-6-7-18-36-20-26(22-11-4-3-5-12-22)35-28(36)27(37)23-14-16-24(17-15-23)31(32,33)34/h3-6,8-17,19-20H,7,18H2,1-2H3,(H,38,39)/b9-6+. The number of ether oxygens (including phenoxy) is 1. The van der Waals surface area contributed by atoms with Crippen molar-refractivity contribution in [3.8, 4) is 17.0 Å². The third kappa shape index (κ3) is 6.85. The minimum atomic E-state index is -4.50.